The van der Waals surface area contributed by atoms with Gasteiger partial charge in [-0.1, -0.05) is 36.4 Å². The molecule has 0 saturated heterocycles. The molecule has 0 atom stereocenters. The van der Waals surface area contributed by atoms with Crippen molar-refractivity contribution < 1.29 is 33.3 Å². The highest BCUT2D eigenvalue weighted by Gasteiger charge is 2.20. The third-order valence-electron chi connectivity index (χ3n) is 5.53. The third-order valence-corrected chi connectivity index (χ3v) is 5.53. The standard InChI is InChI=1S/C27H28FNO6/c1-18-11-12-21(27(31)32)24(15-18)35-17-25(30)29(14-13-19-7-4-5-9-22(19)28)16-20-8-6-10-23(33-2)26(20)34-3/h4-12,15H,13-14,16-17H2,1-3H3,(H,31,32). The normalized spacial score (nSPS) is 10.5. The number of amides is 1. The van der Waals surface area contributed by atoms with Gasteiger partial charge in [0.15, 0.2) is 18.1 Å². The van der Waals surface area contributed by atoms with Crippen LogP contribution in [-0.2, 0) is 17.8 Å². The summed E-state index contributed by atoms with van der Waals surface area (Å²) in [5.74, 6) is -0.756. The molecule has 184 valence electrons. The Kier molecular flexibility index (Phi) is 8.67. The fraction of sp³-hybridized carbons (Fsp3) is 0.259. The first-order valence-electron chi connectivity index (χ1n) is 11.0. The van der Waals surface area contributed by atoms with Crippen molar-refractivity contribution in [3.63, 3.8) is 0 Å². The summed E-state index contributed by atoms with van der Waals surface area (Å²) in [7, 11) is 3.04. The van der Waals surface area contributed by atoms with Crippen LogP contribution in [0.4, 0.5) is 4.39 Å². The van der Waals surface area contributed by atoms with Crippen molar-refractivity contribution in [3.8, 4) is 17.2 Å². The average Bonchev–Trinajstić information content (AvgIpc) is 2.85. The van der Waals surface area contributed by atoms with E-state index in [4.69, 9.17) is 14.2 Å². The van der Waals surface area contributed by atoms with E-state index in [2.05, 4.69) is 0 Å². The number of aromatic carboxylic acids is 1. The number of carboxylic acid groups (broad SMARTS) is 1. The zero-order valence-electron chi connectivity index (χ0n) is 19.9. The number of methoxy groups -OCH3 is 2. The molecule has 0 radical (unpaired) electrons. The molecule has 7 nitrogen and oxygen atoms in total. The van der Waals surface area contributed by atoms with Gasteiger partial charge in [-0.05, 0) is 48.7 Å². The van der Waals surface area contributed by atoms with Crippen LogP contribution in [0, 0.1) is 12.7 Å². The number of benzene rings is 3. The zero-order chi connectivity index (χ0) is 25.4. The predicted molar refractivity (Wildman–Crippen MR) is 129 cm³/mol. The Bertz CT molecular complexity index is 1200. The Labute approximate surface area is 203 Å². The lowest BCUT2D eigenvalue weighted by Gasteiger charge is -2.25. The van der Waals surface area contributed by atoms with Gasteiger partial charge in [-0.2, -0.15) is 0 Å². The first-order chi connectivity index (χ1) is 16.8. The second-order valence-corrected chi connectivity index (χ2v) is 7.90. The van der Waals surface area contributed by atoms with Gasteiger partial charge in [0.1, 0.15) is 17.1 Å². The summed E-state index contributed by atoms with van der Waals surface area (Å²) in [4.78, 5) is 26.3. The quantitative estimate of drug-likeness (QED) is 0.434. The molecule has 3 rings (SSSR count). The summed E-state index contributed by atoms with van der Waals surface area (Å²) in [6.45, 7) is 1.79. The van der Waals surface area contributed by atoms with E-state index in [1.54, 1.807) is 49.4 Å². The molecule has 3 aromatic rings. The first-order valence-corrected chi connectivity index (χ1v) is 11.0. The Hall–Kier alpha value is -4.07. The molecule has 0 aromatic heterocycles. The molecule has 0 bridgehead atoms. The summed E-state index contributed by atoms with van der Waals surface area (Å²) in [5, 5.41) is 9.43. The number of hydrogen-bond donors (Lipinski definition) is 1. The highest BCUT2D eigenvalue weighted by atomic mass is 19.1. The third kappa shape index (κ3) is 6.50. The Morgan fingerprint density at radius 1 is 0.943 bits per heavy atom. The number of aryl methyl sites for hydroxylation is 1. The highest BCUT2D eigenvalue weighted by molar-refractivity contribution is 5.91. The van der Waals surface area contributed by atoms with E-state index in [0.717, 1.165) is 5.56 Å². The van der Waals surface area contributed by atoms with Gasteiger partial charge in [-0.25, -0.2) is 9.18 Å². The largest absolute Gasteiger partial charge is 0.493 e. The van der Waals surface area contributed by atoms with Crippen molar-refractivity contribution in [2.45, 2.75) is 19.9 Å². The van der Waals surface area contributed by atoms with E-state index in [1.165, 1.54) is 31.3 Å². The lowest BCUT2D eigenvalue weighted by Crippen LogP contribution is -2.36. The highest BCUT2D eigenvalue weighted by Crippen LogP contribution is 2.31. The van der Waals surface area contributed by atoms with Crippen LogP contribution < -0.4 is 14.2 Å². The van der Waals surface area contributed by atoms with E-state index in [1.807, 2.05) is 6.07 Å². The van der Waals surface area contributed by atoms with Crippen LogP contribution in [0.25, 0.3) is 0 Å². The number of hydrogen-bond acceptors (Lipinski definition) is 5. The summed E-state index contributed by atoms with van der Waals surface area (Å²) < 4.78 is 30.7. The zero-order valence-corrected chi connectivity index (χ0v) is 19.9. The summed E-state index contributed by atoms with van der Waals surface area (Å²) in [5.41, 5.74) is 1.96. The molecule has 3 aromatic carbocycles. The van der Waals surface area contributed by atoms with Crippen LogP contribution in [0.2, 0.25) is 0 Å². The Balaban J connectivity index is 1.84. The Morgan fingerprint density at radius 2 is 1.69 bits per heavy atom. The number of carboxylic acids is 1. The van der Waals surface area contributed by atoms with Gasteiger partial charge >= 0.3 is 5.97 Å². The average molecular weight is 482 g/mol. The number of para-hydroxylation sites is 1. The smallest absolute Gasteiger partial charge is 0.339 e. The number of carbonyl (C=O) groups excluding carboxylic acids is 1. The SMILES string of the molecule is COc1cccc(CN(CCc2ccccc2F)C(=O)COc2cc(C)ccc2C(=O)O)c1OC. The monoisotopic (exact) mass is 481 g/mol. The van der Waals surface area contributed by atoms with Gasteiger partial charge in [0.05, 0.1) is 14.2 Å². The number of ether oxygens (including phenoxy) is 3. The van der Waals surface area contributed by atoms with Gasteiger partial charge in [-0.15, -0.1) is 0 Å². The number of halogens is 1. The molecule has 8 heteroatoms. The van der Waals surface area contributed by atoms with Crippen LogP contribution in [0.1, 0.15) is 27.0 Å². The van der Waals surface area contributed by atoms with E-state index in [9.17, 15) is 19.1 Å². The first kappa shape index (κ1) is 25.6. The summed E-state index contributed by atoms with van der Waals surface area (Å²) in [6.07, 6.45) is 0.287. The van der Waals surface area contributed by atoms with Crippen molar-refractivity contribution >= 4 is 11.9 Å². The fourth-order valence-corrected chi connectivity index (χ4v) is 3.69. The predicted octanol–water partition coefficient (Wildman–Crippen LogP) is 4.50. The van der Waals surface area contributed by atoms with Crippen molar-refractivity contribution in [3.05, 3.63) is 88.7 Å². The number of carbonyl (C=O) groups is 2. The molecular weight excluding hydrogens is 453 g/mol. The van der Waals surface area contributed by atoms with E-state index in [0.29, 0.717) is 22.6 Å². The molecule has 0 fully saturated rings. The maximum Gasteiger partial charge on any atom is 0.339 e. The fourth-order valence-electron chi connectivity index (χ4n) is 3.69. The van der Waals surface area contributed by atoms with Gasteiger partial charge in [0.25, 0.3) is 5.91 Å². The maximum atomic E-state index is 14.2. The maximum absolute atomic E-state index is 14.2. The van der Waals surface area contributed by atoms with Crippen LogP contribution >= 0.6 is 0 Å². The molecule has 1 amide bonds. The van der Waals surface area contributed by atoms with E-state index >= 15 is 0 Å². The molecular formula is C27H28FNO6. The molecule has 0 saturated carbocycles. The van der Waals surface area contributed by atoms with Gasteiger partial charge < -0.3 is 24.2 Å². The van der Waals surface area contributed by atoms with Crippen molar-refractivity contribution in [2.24, 2.45) is 0 Å². The van der Waals surface area contributed by atoms with Crippen molar-refractivity contribution in [2.75, 3.05) is 27.4 Å². The minimum Gasteiger partial charge on any atom is -0.493 e. The second kappa shape index (κ2) is 11.9. The molecule has 0 aliphatic rings. The molecule has 1 N–H and O–H groups in total. The topological polar surface area (TPSA) is 85.3 Å². The van der Waals surface area contributed by atoms with Crippen molar-refractivity contribution in [1.29, 1.82) is 0 Å². The number of nitrogens with zero attached hydrogens (tertiary/aromatic N) is 1. The minimum absolute atomic E-state index is 0.0317. The van der Waals surface area contributed by atoms with Crippen LogP contribution in [0.5, 0.6) is 17.2 Å². The van der Waals surface area contributed by atoms with Crippen LogP contribution in [-0.4, -0.2) is 49.3 Å². The molecule has 0 aliphatic heterocycles. The van der Waals surface area contributed by atoms with E-state index in [-0.39, 0.29) is 49.2 Å². The van der Waals surface area contributed by atoms with Crippen LogP contribution in [0.3, 0.4) is 0 Å². The van der Waals surface area contributed by atoms with Crippen LogP contribution in [0.15, 0.2) is 60.7 Å². The van der Waals surface area contributed by atoms with Gasteiger partial charge in [-0.3, -0.25) is 4.79 Å². The summed E-state index contributed by atoms with van der Waals surface area (Å²) in [6, 6.07) is 16.4. The molecule has 0 aliphatic carbocycles. The molecule has 0 spiro atoms. The molecule has 35 heavy (non-hydrogen) atoms. The summed E-state index contributed by atoms with van der Waals surface area (Å²) >= 11 is 0. The molecule has 0 unspecified atom stereocenters. The lowest BCUT2D eigenvalue weighted by molar-refractivity contribution is -0.134. The second-order valence-electron chi connectivity index (χ2n) is 7.90. The van der Waals surface area contributed by atoms with Crippen molar-refractivity contribution in [1.82, 2.24) is 4.90 Å². The molecule has 0 heterocycles. The Morgan fingerprint density at radius 3 is 2.37 bits per heavy atom. The van der Waals surface area contributed by atoms with Gasteiger partial charge in [0, 0.05) is 18.7 Å². The van der Waals surface area contributed by atoms with Gasteiger partial charge in [0.2, 0.25) is 0 Å². The van der Waals surface area contributed by atoms with E-state index < -0.39 is 5.97 Å². The minimum atomic E-state index is -1.15. The number of rotatable bonds is 11. The lowest BCUT2D eigenvalue weighted by atomic mass is 10.1.